The minimum atomic E-state index is -1.18. The second-order valence-electron chi connectivity index (χ2n) is 17.2. The van der Waals surface area contributed by atoms with Gasteiger partial charge in [-0.25, -0.2) is 10.2 Å². The van der Waals surface area contributed by atoms with E-state index in [1.807, 2.05) is 59.7 Å². The molecular weight excluding hydrogens is 681 g/mol. The first-order valence-electron chi connectivity index (χ1n) is 18.1. The lowest BCUT2D eigenvalue weighted by atomic mass is 9.76. The fourth-order valence-corrected chi connectivity index (χ4v) is 6.95. The summed E-state index contributed by atoms with van der Waals surface area (Å²) in [6, 6.07) is 8.50. The van der Waals surface area contributed by atoms with E-state index >= 15 is 0 Å². The number of ether oxygens (including phenoxy) is 2. The second-order valence-corrected chi connectivity index (χ2v) is 17.2. The van der Waals surface area contributed by atoms with E-state index in [0.717, 1.165) is 22.1 Å². The highest BCUT2D eigenvalue weighted by Gasteiger charge is 2.53. The zero-order valence-corrected chi connectivity index (χ0v) is 32.0. The zero-order chi connectivity index (χ0) is 38.7. The average Bonchev–Trinajstić information content (AvgIpc) is 3.52. The van der Waals surface area contributed by atoms with Crippen LogP contribution in [-0.4, -0.2) is 82.0 Å². The Morgan fingerprint density at radius 1 is 1.04 bits per heavy atom. The minimum absolute atomic E-state index is 0.0854. The number of carbonyl (C=O) groups is 3. The van der Waals surface area contributed by atoms with Gasteiger partial charge in [0.25, 0.3) is 11.6 Å². The number of rotatable bonds is 3. The number of non-ortho nitro benzene ring substituents is 1. The number of cyclic esters (lactones) is 1. The van der Waals surface area contributed by atoms with Gasteiger partial charge in [-0.05, 0) is 102 Å². The Hall–Kier alpha value is -4.47. The molecule has 0 spiro atoms. The number of nitrogens with one attached hydrogen (secondary N) is 3. The fraction of sp³-hybridized carbons (Fsp3) is 0.553. The van der Waals surface area contributed by atoms with Crippen molar-refractivity contribution in [3.63, 3.8) is 0 Å². The maximum absolute atomic E-state index is 14.1. The second kappa shape index (κ2) is 13.7. The zero-order valence-electron chi connectivity index (χ0n) is 32.0. The highest BCUT2D eigenvalue weighted by atomic mass is 16.7. The Bertz CT molecular complexity index is 1930. The van der Waals surface area contributed by atoms with Crippen molar-refractivity contribution in [1.29, 1.82) is 0 Å². The Labute approximate surface area is 309 Å². The van der Waals surface area contributed by atoms with Gasteiger partial charge in [-0.15, -0.1) is 0 Å². The third kappa shape index (κ3) is 8.21. The maximum Gasteiger partial charge on any atom is 0.512 e. The van der Waals surface area contributed by atoms with Crippen molar-refractivity contribution in [3.05, 3.63) is 57.6 Å². The lowest BCUT2D eigenvalue weighted by Crippen LogP contribution is -2.60. The van der Waals surface area contributed by atoms with E-state index in [9.17, 15) is 24.5 Å². The molecule has 0 unspecified atom stereocenters. The summed E-state index contributed by atoms with van der Waals surface area (Å²) in [5.74, 6) is -1.01. The molecule has 3 N–H and O–H groups in total. The number of amides is 2. The molecule has 53 heavy (non-hydrogen) atoms. The van der Waals surface area contributed by atoms with Crippen molar-refractivity contribution in [2.75, 3.05) is 13.2 Å². The third-order valence-corrected chi connectivity index (χ3v) is 10.4. The topological polar surface area (TPSA) is 174 Å². The molecule has 1 aromatic heterocycles. The molecule has 3 aliphatic heterocycles. The van der Waals surface area contributed by atoms with Crippen LogP contribution in [0.25, 0.3) is 22.0 Å². The molecule has 0 radical (unpaired) electrons. The molecule has 3 aromatic rings. The average molecular weight is 732 g/mol. The lowest BCUT2D eigenvalue weighted by molar-refractivity contribution is -0.384. The molecule has 4 heterocycles. The minimum Gasteiger partial charge on any atom is -0.464 e. The van der Waals surface area contributed by atoms with Crippen LogP contribution in [0.5, 0.6) is 0 Å². The van der Waals surface area contributed by atoms with Gasteiger partial charge in [0.1, 0.15) is 17.7 Å². The summed E-state index contributed by atoms with van der Waals surface area (Å²) in [7, 11) is -0.698. The molecule has 3 aliphatic rings. The first-order chi connectivity index (χ1) is 24.6. The summed E-state index contributed by atoms with van der Waals surface area (Å²) in [6.07, 6.45) is 0.526. The van der Waals surface area contributed by atoms with Crippen LogP contribution >= 0.6 is 0 Å². The number of hydrazine groups is 1. The number of hydrogen-bond acceptors (Lipinski definition) is 10. The van der Waals surface area contributed by atoms with Crippen LogP contribution < -0.4 is 16.3 Å². The predicted molar refractivity (Wildman–Crippen MR) is 199 cm³/mol. The number of hydrogen-bond donors (Lipinski definition) is 3. The Balaban J connectivity index is 1.50. The van der Waals surface area contributed by atoms with E-state index < -0.39 is 64.3 Å². The lowest BCUT2D eigenvalue weighted by Gasteiger charge is -2.35. The van der Waals surface area contributed by atoms with Crippen LogP contribution in [-0.2, 0) is 41.2 Å². The number of carbonyl (C=O) groups excluding carboxylic acids is 3. The molecule has 2 atom stereocenters. The fourth-order valence-electron chi connectivity index (χ4n) is 6.95. The van der Waals surface area contributed by atoms with E-state index in [-0.39, 0.29) is 25.3 Å². The van der Waals surface area contributed by atoms with Crippen LogP contribution in [0.2, 0.25) is 0 Å². The number of nitro groups is 1. The molecule has 15 heteroatoms. The van der Waals surface area contributed by atoms with Crippen LogP contribution in [0.15, 0.2) is 36.4 Å². The number of nitrogens with zero attached hydrogens (tertiary/aromatic N) is 2. The molecule has 2 aromatic carbocycles. The number of aromatic nitrogens is 1. The monoisotopic (exact) mass is 731 g/mol. The predicted octanol–water partition coefficient (Wildman–Crippen LogP) is 5.10. The van der Waals surface area contributed by atoms with E-state index in [4.69, 9.17) is 18.8 Å². The summed E-state index contributed by atoms with van der Waals surface area (Å²) < 4.78 is 24.4. The van der Waals surface area contributed by atoms with Crippen molar-refractivity contribution >= 4 is 47.3 Å². The number of nitro benzene ring substituents is 1. The van der Waals surface area contributed by atoms with E-state index in [1.165, 1.54) is 17.1 Å². The van der Waals surface area contributed by atoms with Crippen LogP contribution in [0, 0.1) is 15.5 Å². The molecule has 14 nitrogen and oxygen atoms in total. The van der Waals surface area contributed by atoms with Gasteiger partial charge < -0.3 is 29.1 Å². The third-order valence-electron chi connectivity index (χ3n) is 10.4. The molecule has 6 bridgehead atoms. The van der Waals surface area contributed by atoms with Crippen LogP contribution in [0.1, 0.15) is 86.3 Å². The van der Waals surface area contributed by atoms with Crippen LogP contribution in [0.4, 0.5) is 10.5 Å². The van der Waals surface area contributed by atoms with E-state index in [0.29, 0.717) is 36.0 Å². The molecule has 2 fully saturated rings. The van der Waals surface area contributed by atoms with Gasteiger partial charge in [0.2, 0.25) is 0 Å². The smallest absolute Gasteiger partial charge is 0.464 e. The van der Waals surface area contributed by atoms with Gasteiger partial charge in [0.15, 0.2) is 0 Å². The molecule has 2 amide bonds. The summed E-state index contributed by atoms with van der Waals surface area (Å²) >= 11 is 0. The number of H-pyrrole nitrogens is 1. The number of benzene rings is 2. The van der Waals surface area contributed by atoms with Gasteiger partial charge in [-0.3, -0.25) is 24.7 Å². The summed E-state index contributed by atoms with van der Waals surface area (Å²) in [4.78, 5) is 56.0. The summed E-state index contributed by atoms with van der Waals surface area (Å²) in [6.45, 7) is 17.5. The quantitative estimate of drug-likeness (QED) is 0.142. The normalized spacial score (nSPS) is 23.0. The number of aromatic amines is 1. The highest BCUT2D eigenvalue weighted by Crippen LogP contribution is 2.39. The van der Waals surface area contributed by atoms with E-state index in [1.54, 1.807) is 26.8 Å². The standard InChI is InChI=1S/C38H50BN5O9/c1-35(2,3)51-34(47)41-30-17-22-15-24(18-25(16-22)44(48)49)23-12-13-28-26(19-23)27(31(40-28)39-52-37(6,7)38(8,9)53-39)20-36(4,5)21-50-33(46)29-11-10-14-43(42-29)32(30)45/h12-13,15-16,18-19,29-30,40,42H,10-11,14,17,20-21H2,1-9H3,(H,41,47)/t29-,30-/m0/s1. The van der Waals surface area contributed by atoms with Crippen LogP contribution in [0.3, 0.4) is 0 Å². The molecule has 2 saturated heterocycles. The first kappa shape index (κ1) is 38.3. The highest BCUT2D eigenvalue weighted by molar-refractivity contribution is 6.62. The molecular formula is C38H50BN5O9. The molecule has 0 aliphatic carbocycles. The van der Waals surface area contributed by atoms with Gasteiger partial charge in [-0.2, -0.15) is 0 Å². The van der Waals surface area contributed by atoms with Gasteiger partial charge in [-0.1, -0.05) is 26.0 Å². The molecule has 0 saturated carbocycles. The SMILES string of the molecule is CC1(C)COC(=O)[C@@H]2CCCN(N2)C(=O)[C@@H](NC(=O)OC(C)(C)C)Cc2cc(cc([N+](=O)[O-])c2)-c2ccc3[nH]c(B4OC(C)(C)C(C)(C)O4)c(c3c2)C1. The van der Waals surface area contributed by atoms with Gasteiger partial charge in [0, 0.05) is 47.0 Å². The molecule has 284 valence electrons. The number of esters is 1. The van der Waals surface area contributed by atoms with Crippen molar-refractivity contribution in [2.24, 2.45) is 5.41 Å². The summed E-state index contributed by atoms with van der Waals surface area (Å²) in [5, 5.41) is 17.1. The first-order valence-corrected chi connectivity index (χ1v) is 18.1. The van der Waals surface area contributed by atoms with Crippen molar-refractivity contribution < 1.29 is 38.1 Å². The maximum atomic E-state index is 14.1. The number of fused-ring (bicyclic) bond motifs is 6. The van der Waals surface area contributed by atoms with E-state index in [2.05, 4.69) is 15.7 Å². The Morgan fingerprint density at radius 2 is 1.74 bits per heavy atom. The van der Waals surface area contributed by atoms with Gasteiger partial charge in [0.05, 0.1) is 22.7 Å². The Kier molecular flexibility index (Phi) is 9.92. The van der Waals surface area contributed by atoms with Crippen molar-refractivity contribution in [1.82, 2.24) is 20.7 Å². The largest absolute Gasteiger partial charge is 0.512 e. The Morgan fingerprint density at radius 3 is 2.40 bits per heavy atom. The summed E-state index contributed by atoms with van der Waals surface area (Å²) in [5.41, 5.74) is 4.48. The van der Waals surface area contributed by atoms with Gasteiger partial charge >= 0.3 is 19.2 Å². The number of alkyl carbamates (subject to hydrolysis) is 1. The van der Waals surface area contributed by atoms with Crippen molar-refractivity contribution in [3.8, 4) is 11.1 Å². The molecule has 6 rings (SSSR count). The van der Waals surface area contributed by atoms with Crippen molar-refractivity contribution in [2.45, 2.75) is 117 Å².